The van der Waals surface area contributed by atoms with Gasteiger partial charge in [0, 0.05) is 18.7 Å². The SMILES string of the molecule is CN/C1=C\C2C=C2NC=NCN1. The summed E-state index contributed by atoms with van der Waals surface area (Å²) in [5.74, 6) is 1.50. The molecule has 64 valence electrons. The van der Waals surface area contributed by atoms with E-state index >= 15 is 0 Å². The van der Waals surface area contributed by atoms with E-state index in [2.05, 4.69) is 33.1 Å². The molecule has 0 aromatic carbocycles. The number of nitrogens with one attached hydrogen (secondary N) is 3. The Kier molecular flexibility index (Phi) is 1.74. The van der Waals surface area contributed by atoms with E-state index in [1.165, 1.54) is 5.70 Å². The van der Waals surface area contributed by atoms with Crippen LogP contribution in [0.25, 0.3) is 0 Å². The molecule has 3 N–H and O–H groups in total. The van der Waals surface area contributed by atoms with Crippen molar-refractivity contribution in [2.45, 2.75) is 0 Å². The Morgan fingerprint density at radius 3 is 3.33 bits per heavy atom. The summed E-state index contributed by atoms with van der Waals surface area (Å²) >= 11 is 0. The van der Waals surface area contributed by atoms with E-state index in [9.17, 15) is 0 Å². The molecule has 0 fully saturated rings. The Morgan fingerprint density at radius 1 is 1.58 bits per heavy atom. The molecule has 0 amide bonds. The molecule has 1 unspecified atom stereocenters. The molecule has 4 nitrogen and oxygen atoms in total. The molecule has 1 atom stereocenters. The van der Waals surface area contributed by atoms with E-state index in [0.717, 1.165) is 5.82 Å². The molecular formula is C8H12N4. The maximum Gasteiger partial charge on any atom is 0.110 e. The summed E-state index contributed by atoms with van der Waals surface area (Å²) in [6.45, 7) is 0.611. The number of hydrogen-bond acceptors (Lipinski definition) is 4. The van der Waals surface area contributed by atoms with Gasteiger partial charge >= 0.3 is 0 Å². The van der Waals surface area contributed by atoms with Crippen molar-refractivity contribution in [1.29, 1.82) is 0 Å². The van der Waals surface area contributed by atoms with Gasteiger partial charge in [0.05, 0.1) is 12.2 Å². The number of rotatable bonds is 1. The quantitative estimate of drug-likeness (QED) is 0.500. The van der Waals surface area contributed by atoms with Gasteiger partial charge in [-0.15, -0.1) is 0 Å². The summed E-state index contributed by atoms with van der Waals surface area (Å²) in [6, 6.07) is 0. The third-order valence-corrected chi connectivity index (χ3v) is 1.91. The molecule has 0 bridgehead atoms. The van der Waals surface area contributed by atoms with Gasteiger partial charge in [0.15, 0.2) is 0 Å². The normalized spacial score (nSPS) is 30.2. The molecule has 0 aromatic heterocycles. The highest BCUT2D eigenvalue weighted by Gasteiger charge is 2.22. The highest BCUT2D eigenvalue weighted by molar-refractivity contribution is 5.61. The number of fused-ring (bicyclic) bond motifs is 1. The molecule has 1 aliphatic heterocycles. The molecule has 0 aromatic rings. The van der Waals surface area contributed by atoms with Crippen LogP contribution in [0.15, 0.2) is 28.7 Å². The molecular weight excluding hydrogens is 152 g/mol. The maximum absolute atomic E-state index is 4.10. The Bertz CT molecular complexity index is 264. The standard InChI is InChI=1S/C8H12N4/c1-9-8-3-6-2-7(6)11-4-10-5-12-8/h2-4,6,9,12H,5H2,1H3,(H,10,11)/b8-3+. The summed E-state index contributed by atoms with van der Waals surface area (Å²) in [5, 5.41) is 9.32. The molecule has 0 saturated carbocycles. The van der Waals surface area contributed by atoms with Crippen LogP contribution in [0.4, 0.5) is 0 Å². The van der Waals surface area contributed by atoms with Gasteiger partial charge in [0.2, 0.25) is 0 Å². The third kappa shape index (κ3) is 1.42. The largest absolute Gasteiger partial charge is 0.375 e. The van der Waals surface area contributed by atoms with Crippen LogP contribution in [0.5, 0.6) is 0 Å². The van der Waals surface area contributed by atoms with Gasteiger partial charge in [-0.1, -0.05) is 6.08 Å². The van der Waals surface area contributed by atoms with E-state index in [1.54, 1.807) is 6.34 Å². The molecule has 0 radical (unpaired) electrons. The monoisotopic (exact) mass is 164 g/mol. The van der Waals surface area contributed by atoms with Crippen molar-refractivity contribution in [2.75, 3.05) is 13.7 Å². The highest BCUT2D eigenvalue weighted by atomic mass is 15.1. The zero-order valence-corrected chi connectivity index (χ0v) is 6.96. The fourth-order valence-electron chi connectivity index (χ4n) is 1.13. The predicted octanol–water partition coefficient (Wildman–Crippen LogP) is -0.261. The van der Waals surface area contributed by atoms with Gasteiger partial charge in [0.1, 0.15) is 6.67 Å². The van der Waals surface area contributed by atoms with E-state index in [-0.39, 0.29) is 0 Å². The van der Waals surface area contributed by atoms with Crippen molar-refractivity contribution in [3.8, 4) is 0 Å². The highest BCUT2D eigenvalue weighted by Crippen LogP contribution is 2.27. The first-order valence-corrected chi connectivity index (χ1v) is 4.00. The zero-order valence-electron chi connectivity index (χ0n) is 6.96. The molecule has 2 aliphatic rings. The average Bonchev–Trinajstić information content (AvgIpc) is 2.80. The smallest absolute Gasteiger partial charge is 0.110 e. The molecule has 2 rings (SSSR count). The summed E-state index contributed by atoms with van der Waals surface area (Å²) in [5.41, 5.74) is 1.23. The number of nitrogens with zero attached hydrogens (tertiary/aromatic N) is 1. The van der Waals surface area contributed by atoms with E-state index < -0.39 is 0 Å². The Morgan fingerprint density at radius 2 is 2.50 bits per heavy atom. The summed E-state index contributed by atoms with van der Waals surface area (Å²) in [4.78, 5) is 4.10. The van der Waals surface area contributed by atoms with Gasteiger partial charge < -0.3 is 16.0 Å². The van der Waals surface area contributed by atoms with Gasteiger partial charge in [-0.3, -0.25) is 4.99 Å². The van der Waals surface area contributed by atoms with E-state index in [4.69, 9.17) is 0 Å². The van der Waals surface area contributed by atoms with Crippen molar-refractivity contribution in [2.24, 2.45) is 10.9 Å². The molecule has 4 heteroatoms. The Labute approximate surface area is 71.4 Å². The summed E-state index contributed by atoms with van der Waals surface area (Å²) in [6.07, 6.45) is 6.01. The van der Waals surface area contributed by atoms with Crippen molar-refractivity contribution in [3.63, 3.8) is 0 Å². The maximum atomic E-state index is 4.10. The Balaban J connectivity index is 2.06. The summed E-state index contributed by atoms with van der Waals surface area (Å²) in [7, 11) is 1.90. The number of allylic oxidation sites excluding steroid dienone is 2. The molecule has 1 aliphatic carbocycles. The summed E-state index contributed by atoms with van der Waals surface area (Å²) < 4.78 is 0. The molecule has 1 heterocycles. The first kappa shape index (κ1) is 7.21. The van der Waals surface area contributed by atoms with Crippen LogP contribution in [0.3, 0.4) is 0 Å². The minimum atomic E-state index is 0.462. The first-order valence-electron chi connectivity index (χ1n) is 4.00. The molecule has 0 spiro atoms. The van der Waals surface area contributed by atoms with E-state index in [1.807, 2.05) is 7.05 Å². The van der Waals surface area contributed by atoms with Gasteiger partial charge in [-0.25, -0.2) is 0 Å². The zero-order chi connectivity index (χ0) is 8.39. The fourth-order valence-corrected chi connectivity index (χ4v) is 1.13. The van der Waals surface area contributed by atoms with Crippen LogP contribution in [0, 0.1) is 5.92 Å². The van der Waals surface area contributed by atoms with Crippen molar-refractivity contribution in [1.82, 2.24) is 16.0 Å². The lowest BCUT2D eigenvalue weighted by Gasteiger charge is -2.06. The van der Waals surface area contributed by atoms with Crippen LogP contribution in [-0.4, -0.2) is 20.1 Å². The number of aliphatic imine (C=N–C) groups is 1. The number of hydrogen-bond donors (Lipinski definition) is 3. The van der Waals surface area contributed by atoms with Crippen LogP contribution in [0.1, 0.15) is 0 Å². The lowest BCUT2D eigenvalue weighted by molar-refractivity contribution is 0.745. The van der Waals surface area contributed by atoms with E-state index in [0.29, 0.717) is 12.6 Å². The second-order valence-corrected chi connectivity index (χ2v) is 2.77. The minimum absolute atomic E-state index is 0.462. The van der Waals surface area contributed by atoms with Crippen molar-refractivity contribution < 1.29 is 0 Å². The van der Waals surface area contributed by atoms with Crippen molar-refractivity contribution in [3.05, 3.63) is 23.7 Å². The molecule has 0 saturated heterocycles. The van der Waals surface area contributed by atoms with Gasteiger partial charge in [-0.05, 0) is 6.08 Å². The topological polar surface area (TPSA) is 48.5 Å². The van der Waals surface area contributed by atoms with Gasteiger partial charge in [0.25, 0.3) is 0 Å². The lowest BCUT2D eigenvalue weighted by Crippen LogP contribution is -2.23. The predicted molar refractivity (Wildman–Crippen MR) is 48.3 cm³/mol. The lowest BCUT2D eigenvalue weighted by atomic mass is 10.3. The van der Waals surface area contributed by atoms with Crippen LogP contribution < -0.4 is 16.0 Å². The molecule has 12 heavy (non-hydrogen) atoms. The second kappa shape index (κ2) is 2.89. The average molecular weight is 164 g/mol. The second-order valence-electron chi connectivity index (χ2n) is 2.77. The van der Waals surface area contributed by atoms with Crippen LogP contribution in [0.2, 0.25) is 0 Å². The van der Waals surface area contributed by atoms with Gasteiger partial charge in [-0.2, -0.15) is 0 Å². The van der Waals surface area contributed by atoms with Crippen LogP contribution >= 0.6 is 0 Å². The minimum Gasteiger partial charge on any atom is -0.375 e. The fraction of sp³-hybridized carbons (Fsp3) is 0.375. The third-order valence-electron chi connectivity index (χ3n) is 1.91. The first-order chi connectivity index (χ1) is 5.90. The van der Waals surface area contributed by atoms with Crippen LogP contribution in [-0.2, 0) is 0 Å². The Hall–Kier alpha value is -1.45. The van der Waals surface area contributed by atoms with Crippen molar-refractivity contribution >= 4 is 6.34 Å².